The summed E-state index contributed by atoms with van der Waals surface area (Å²) < 4.78 is 0. The van der Waals surface area contributed by atoms with Gasteiger partial charge < -0.3 is 0 Å². The normalized spacial score (nSPS) is 11.2. The summed E-state index contributed by atoms with van der Waals surface area (Å²) >= 11 is 5.60. The Bertz CT molecular complexity index is 1600. The van der Waals surface area contributed by atoms with Crippen LogP contribution in [0.15, 0.2) is 115 Å². The molecule has 0 aliphatic rings. The molecule has 0 amide bonds. The topological polar surface area (TPSA) is 0 Å². The molecule has 6 rings (SSSR count). The Morgan fingerprint density at radius 2 is 1.10 bits per heavy atom. The van der Waals surface area contributed by atoms with Crippen LogP contribution < -0.4 is 0 Å². The molecule has 0 fully saturated rings. The summed E-state index contributed by atoms with van der Waals surface area (Å²) in [5, 5.41) is 2.15. The van der Waals surface area contributed by atoms with Crippen molar-refractivity contribution in [3.63, 3.8) is 0 Å². The van der Waals surface area contributed by atoms with E-state index in [9.17, 15) is 0 Å². The minimum atomic E-state index is 1.15. The predicted molar refractivity (Wildman–Crippen MR) is 175 cm³/mol. The van der Waals surface area contributed by atoms with Crippen molar-refractivity contribution in [2.45, 2.75) is 39.0 Å². The number of hydrogen-bond acceptors (Lipinski definition) is 3. The van der Waals surface area contributed by atoms with Crippen LogP contribution >= 0.6 is 34.0 Å². The van der Waals surface area contributed by atoms with Crippen molar-refractivity contribution in [3.8, 4) is 52.2 Å². The van der Waals surface area contributed by atoms with Crippen LogP contribution in [0.4, 0.5) is 0 Å². The van der Waals surface area contributed by atoms with E-state index in [1.54, 1.807) is 11.3 Å². The van der Waals surface area contributed by atoms with Gasteiger partial charge in [0.1, 0.15) is 0 Å². The molecule has 39 heavy (non-hydrogen) atoms. The van der Waals surface area contributed by atoms with Gasteiger partial charge in [-0.1, -0.05) is 111 Å². The molecule has 194 valence electrons. The van der Waals surface area contributed by atoms with Gasteiger partial charge in [-0.15, -0.1) is 34.0 Å². The summed E-state index contributed by atoms with van der Waals surface area (Å²) in [6, 6.07) is 40.3. The van der Waals surface area contributed by atoms with Crippen molar-refractivity contribution in [1.82, 2.24) is 0 Å². The molecular formula is C36H32S3. The highest BCUT2D eigenvalue weighted by atomic mass is 32.1. The van der Waals surface area contributed by atoms with Crippen molar-refractivity contribution < 1.29 is 0 Å². The SMILES string of the molecule is CCCCCCc1cc(-c2ccc(-c3ccc(-c4ccccc4)s3)cc2)sc1-c1ccc(-c2cccs2)cc1. The fourth-order valence-electron chi connectivity index (χ4n) is 5.02. The highest BCUT2D eigenvalue weighted by Crippen LogP contribution is 2.41. The van der Waals surface area contributed by atoms with Crippen molar-refractivity contribution in [2.75, 3.05) is 0 Å². The van der Waals surface area contributed by atoms with Gasteiger partial charge in [0.15, 0.2) is 0 Å². The van der Waals surface area contributed by atoms with Crippen molar-refractivity contribution in [2.24, 2.45) is 0 Å². The predicted octanol–water partition coefficient (Wildman–Crippen LogP) is 12.3. The summed E-state index contributed by atoms with van der Waals surface area (Å²) in [6.07, 6.45) is 6.30. The molecule has 3 heteroatoms. The standard InChI is InChI=1S/C36H32S3/c1-2-3-4-6-12-31-25-35(39-36(31)30-20-18-27(19-21-30)32-13-9-24-37-32)29-16-14-28(15-17-29)34-23-22-33(38-34)26-10-7-5-8-11-26/h5,7-11,13-25H,2-4,6,12H2,1H3. The van der Waals surface area contributed by atoms with Gasteiger partial charge >= 0.3 is 0 Å². The van der Waals surface area contributed by atoms with Crippen LogP contribution in [0.2, 0.25) is 0 Å². The first-order valence-corrected chi connectivity index (χ1v) is 16.3. The number of unbranched alkanes of at least 4 members (excludes halogenated alkanes) is 3. The van der Waals surface area contributed by atoms with Crippen molar-refractivity contribution >= 4 is 34.0 Å². The number of hydrogen-bond donors (Lipinski definition) is 0. The molecule has 0 saturated heterocycles. The van der Waals surface area contributed by atoms with Gasteiger partial charge in [-0.25, -0.2) is 0 Å². The van der Waals surface area contributed by atoms with Crippen LogP contribution in [-0.2, 0) is 6.42 Å². The molecule has 0 unspecified atom stereocenters. The molecule has 3 heterocycles. The third kappa shape index (κ3) is 6.01. The minimum Gasteiger partial charge on any atom is -0.144 e. The maximum atomic E-state index is 2.45. The summed E-state index contributed by atoms with van der Waals surface area (Å²) in [4.78, 5) is 6.75. The number of aryl methyl sites for hydroxylation is 1. The Labute approximate surface area is 244 Å². The molecule has 0 aliphatic carbocycles. The Hall–Kier alpha value is -3.24. The molecule has 3 aromatic heterocycles. The maximum Gasteiger partial charge on any atom is 0.0381 e. The summed E-state index contributed by atoms with van der Waals surface area (Å²) in [7, 11) is 0. The first-order valence-electron chi connectivity index (χ1n) is 13.8. The zero-order valence-electron chi connectivity index (χ0n) is 22.2. The zero-order valence-corrected chi connectivity index (χ0v) is 24.7. The molecule has 0 radical (unpaired) electrons. The van der Waals surface area contributed by atoms with Crippen LogP contribution in [0, 0.1) is 0 Å². The highest BCUT2D eigenvalue weighted by molar-refractivity contribution is 7.19. The molecular weight excluding hydrogens is 529 g/mol. The van der Waals surface area contributed by atoms with E-state index in [-0.39, 0.29) is 0 Å². The lowest BCUT2D eigenvalue weighted by Gasteiger charge is -2.05. The van der Waals surface area contributed by atoms with E-state index in [0.29, 0.717) is 0 Å². The monoisotopic (exact) mass is 560 g/mol. The molecule has 3 aromatic carbocycles. The van der Waals surface area contributed by atoms with E-state index >= 15 is 0 Å². The maximum absolute atomic E-state index is 2.45. The van der Waals surface area contributed by atoms with Crippen molar-refractivity contribution in [1.29, 1.82) is 0 Å². The van der Waals surface area contributed by atoms with Crippen molar-refractivity contribution in [3.05, 3.63) is 120 Å². The Morgan fingerprint density at radius 3 is 1.74 bits per heavy atom. The molecule has 0 N–H and O–H groups in total. The largest absolute Gasteiger partial charge is 0.144 e. The zero-order chi connectivity index (χ0) is 26.4. The second-order valence-corrected chi connectivity index (χ2v) is 13.0. The fraction of sp³-hybridized carbons (Fsp3) is 0.167. The third-order valence-electron chi connectivity index (χ3n) is 7.18. The van der Waals surface area contributed by atoms with Crippen LogP contribution in [-0.4, -0.2) is 0 Å². The van der Waals surface area contributed by atoms with Gasteiger partial charge in [0.05, 0.1) is 0 Å². The number of thiophene rings is 3. The minimum absolute atomic E-state index is 1.15. The average molecular weight is 561 g/mol. The lowest BCUT2D eigenvalue weighted by atomic mass is 10.0. The molecule has 0 aliphatic heterocycles. The first-order chi connectivity index (χ1) is 19.3. The van der Waals surface area contributed by atoms with Gasteiger partial charge in [-0.2, -0.15) is 0 Å². The van der Waals surface area contributed by atoms with E-state index < -0.39 is 0 Å². The van der Waals surface area contributed by atoms with Gasteiger partial charge in [-0.3, -0.25) is 0 Å². The molecule has 6 aromatic rings. The van der Waals surface area contributed by atoms with E-state index in [0.717, 1.165) is 6.42 Å². The molecule has 0 saturated carbocycles. The summed E-state index contributed by atoms with van der Waals surface area (Å²) in [6.45, 7) is 2.28. The quantitative estimate of drug-likeness (QED) is 0.146. The Balaban J connectivity index is 1.26. The van der Waals surface area contributed by atoms with Crippen LogP contribution in [0.5, 0.6) is 0 Å². The van der Waals surface area contributed by atoms with Gasteiger partial charge in [-0.05, 0) is 75.9 Å². The van der Waals surface area contributed by atoms with E-state index in [4.69, 9.17) is 0 Å². The second kappa shape index (κ2) is 12.3. The second-order valence-electron chi connectivity index (χ2n) is 9.94. The van der Waals surface area contributed by atoms with Crippen LogP contribution in [0.25, 0.3) is 52.2 Å². The smallest absolute Gasteiger partial charge is 0.0381 e. The highest BCUT2D eigenvalue weighted by Gasteiger charge is 2.14. The Kier molecular flexibility index (Phi) is 8.20. The fourth-order valence-corrected chi connectivity index (χ4v) is 7.99. The summed E-state index contributed by atoms with van der Waals surface area (Å²) in [5.74, 6) is 0. The Morgan fingerprint density at radius 1 is 0.487 bits per heavy atom. The lowest BCUT2D eigenvalue weighted by molar-refractivity contribution is 0.668. The molecule has 0 bridgehead atoms. The molecule has 0 atom stereocenters. The van der Waals surface area contributed by atoms with E-state index in [2.05, 4.69) is 121 Å². The van der Waals surface area contributed by atoms with Gasteiger partial charge in [0.25, 0.3) is 0 Å². The van der Waals surface area contributed by atoms with Gasteiger partial charge in [0.2, 0.25) is 0 Å². The van der Waals surface area contributed by atoms with E-state index in [1.165, 1.54) is 83.4 Å². The van der Waals surface area contributed by atoms with E-state index in [1.807, 2.05) is 22.7 Å². The molecule has 0 nitrogen and oxygen atoms in total. The third-order valence-corrected chi connectivity index (χ3v) is 10.6. The summed E-state index contributed by atoms with van der Waals surface area (Å²) in [5.41, 5.74) is 8.00. The number of benzene rings is 3. The number of rotatable bonds is 10. The first kappa shape index (κ1) is 26.0. The van der Waals surface area contributed by atoms with Crippen LogP contribution in [0.3, 0.4) is 0 Å². The lowest BCUT2D eigenvalue weighted by Crippen LogP contribution is -1.86. The van der Waals surface area contributed by atoms with Gasteiger partial charge in [0, 0.05) is 24.4 Å². The molecule has 0 spiro atoms. The average Bonchev–Trinajstić information content (AvgIpc) is 3.78. The van der Waals surface area contributed by atoms with Crippen LogP contribution in [0.1, 0.15) is 38.2 Å².